The molecule has 3 N–H and O–H groups in total. The average Bonchev–Trinajstić information content (AvgIpc) is 2.43. The van der Waals surface area contributed by atoms with Gasteiger partial charge in [0.05, 0.1) is 10.6 Å². The Labute approximate surface area is 121 Å². The van der Waals surface area contributed by atoms with E-state index in [0.717, 1.165) is 6.07 Å². The molecule has 0 fully saturated rings. The van der Waals surface area contributed by atoms with E-state index in [0.29, 0.717) is 0 Å². The van der Waals surface area contributed by atoms with E-state index in [4.69, 9.17) is 5.73 Å². The number of nitrogens with one attached hydrogen (secondary N) is 1. The maximum absolute atomic E-state index is 13.6. The maximum atomic E-state index is 13.6. The molecule has 0 aliphatic heterocycles. The van der Waals surface area contributed by atoms with Crippen LogP contribution in [0.3, 0.4) is 0 Å². The Morgan fingerprint density at radius 2 is 1.71 bits per heavy atom. The van der Waals surface area contributed by atoms with Gasteiger partial charge in [-0.05, 0) is 31.2 Å². The highest BCUT2D eigenvalue weighted by Gasteiger charge is 2.21. The van der Waals surface area contributed by atoms with Crippen molar-refractivity contribution < 1.29 is 17.2 Å². The van der Waals surface area contributed by atoms with Crippen LogP contribution >= 0.6 is 0 Å². The third-order valence-corrected chi connectivity index (χ3v) is 4.53. The minimum Gasteiger partial charge on any atom is -0.326 e. The first-order valence-corrected chi connectivity index (χ1v) is 7.60. The Morgan fingerprint density at radius 3 is 2.38 bits per heavy atom. The second-order valence-electron chi connectivity index (χ2n) is 4.44. The van der Waals surface area contributed by atoms with E-state index >= 15 is 0 Å². The van der Waals surface area contributed by atoms with Crippen LogP contribution in [0.2, 0.25) is 0 Å². The van der Waals surface area contributed by atoms with Crippen molar-refractivity contribution in [3.8, 4) is 0 Å². The van der Waals surface area contributed by atoms with Gasteiger partial charge >= 0.3 is 0 Å². The number of hydrogen-bond donors (Lipinski definition) is 2. The molecular formula is C14H14F2N2O2S. The van der Waals surface area contributed by atoms with Gasteiger partial charge in [0.25, 0.3) is 10.0 Å². The first-order chi connectivity index (χ1) is 9.86. The predicted molar refractivity (Wildman–Crippen MR) is 76.2 cm³/mol. The summed E-state index contributed by atoms with van der Waals surface area (Å²) in [5.41, 5.74) is 5.55. The van der Waals surface area contributed by atoms with Gasteiger partial charge in [0.2, 0.25) is 0 Å². The molecule has 0 aliphatic carbocycles. The summed E-state index contributed by atoms with van der Waals surface area (Å²) < 4.78 is 54.0. The normalized spacial score (nSPS) is 11.4. The zero-order valence-corrected chi connectivity index (χ0v) is 12.0. The van der Waals surface area contributed by atoms with Gasteiger partial charge < -0.3 is 5.73 Å². The molecule has 0 atom stereocenters. The highest BCUT2D eigenvalue weighted by molar-refractivity contribution is 7.92. The summed E-state index contributed by atoms with van der Waals surface area (Å²) in [6, 6.07) is 7.70. The largest absolute Gasteiger partial charge is 0.326 e. The van der Waals surface area contributed by atoms with Crippen LogP contribution in [-0.2, 0) is 16.6 Å². The van der Waals surface area contributed by atoms with Gasteiger partial charge in [0.15, 0.2) is 0 Å². The van der Waals surface area contributed by atoms with Crippen LogP contribution in [0.1, 0.15) is 11.1 Å². The minimum absolute atomic E-state index is 0.0993. The zero-order chi connectivity index (χ0) is 15.6. The molecule has 0 saturated heterocycles. The molecule has 2 rings (SSSR count). The smallest absolute Gasteiger partial charge is 0.262 e. The summed E-state index contributed by atoms with van der Waals surface area (Å²) in [6.45, 7) is 1.19. The van der Waals surface area contributed by atoms with Gasteiger partial charge in [-0.3, -0.25) is 4.72 Å². The van der Waals surface area contributed by atoms with Gasteiger partial charge in [0.1, 0.15) is 11.6 Å². The van der Waals surface area contributed by atoms with E-state index in [1.807, 2.05) is 0 Å². The lowest BCUT2D eigenvalue weighted by Gasteiger charge is -2.13. The van der Waals surface area contributed by atoms with Gasteiger partial charge in [-0.1, -0.05) is 12.1 Å². The summed E-state index contributed by atoms with van der Waals surface area (Å²) in [5, 5.41) is 0. The van der Waals surface area contributed by atoms with E-state index < -0.39 is 21.7 Å². The fourth-order valence-corrected chi connectivity index (χ4v) is 3.29. The van der Waals surface area contributed by atoms with Gasteiger partial charge in [0, 0.05) is 17.7 Å². The summed E-state index contributed by atoms with van der Waals surface area (Å²) >= 11 is 0. The van der Waals surface area contributed by atoms with E-state index in [-0.39, 0.29) is 28.3 Å². The fourth-order valence-electron chi connectivity index (χ4n) is 1.91. The summed E-state index contributed by atoms with van der Waals surface area (Å²) in [5.74, 6) is -1.23. The molecule has 2 aromatic carbocycles. The molecule has 0 radical (unpaired) electrons. The Bertz CT molecular complexity index is 777. The van der Waals surface area contributed by atoms with Crippen molar-refractivity contribution in [2.45, 2.75) is 18.4 Å². The number of nitrogens with two attached hydrogens (primary N) is 1. The van der Waals surface area contributed by atoms with Crippen LogP contribution < -0.4 is 10.5 Å². The lowest BCUT2D eigenvalue weighted by Crippen LogP contribution is -2.18. The molecule has 0 saturated carbocycles. The van der Waals surface area contributed by atoms with Crippen molar-refractivity contribution in [3.63, 3.8) is 0 Å². The third-order valence-electron chi connectivity index (χ3n) is 3.08. The standard InChI is InChI=1S/C14H14F2N2O2S/c1-9-11(15)4-2-6-13(9)18-21(19,20)14-7-3-5-12(16)10(14)8-17/h2-7,18H,8,17H2,1H3. The molecule has 2 aromatic rings. The number of sulfonamides is 1. The topological polar surface area (TPSA) is 72.2 Å². The van der Waals surface area contributed by atoms with Gasteiger partial charge in [-0.15, -0.1) is 0 Å². The van der Waals surface area contributed by atoms with Crippen molar-refractivity contribution in [1.82, 2.24) is 0 Å². The first kappa shape index (κ1) is 15.4. The van der Waals surface area contributed by atoms with Crippen LogP contribution in [0.15, 0.2) is 41.3 Å². The molecule has 0 bridgehead atoms. The van der Waals surface area contributed by atoms with Crippen molar-refractivity contribution in [3.05, 3.63) is 59.2 Å². The summed E-state index contributed by atoms with van der Waals surface area (Å²) in [7, 11) is -4.05. The molecule has 4 nitrogen and oxygen atoms in total. The molecule has 21 heavy (non-hydrogen) atoms. The summed E-state index contributed by atoms with van der Waals surface area (Å²) in [6.07, 6.45) is 0. The molecule has 7 heteroatoms. The Hall–Kier alpha value is -1.99. The number of benzene rings is 2. The fraction of sp³-hybridized carbons (Fsp3) is 0.143. The first-order valence-electron chi connectivity index (χ1n) is 6.12. The van der Waals surface area contributed by atoms with Crippen molar-refractivity contribution in [2.75, 3.05) is 4.72 Å². The molecule has 0 spiro atoms. The summed E-state index contributed by atoms with van der Waals surface area (Å²) in [4.78, 5) is -0.256. The lowest BCUT2D eigenvalue weighted by molar-refractivity contribution is 0.585. The third kappa shape index (κ3) is 3.03. The SMILES string of the molecule is Cc1c(F)cccc1NS(=O)(=O)c1cccc(F)c1CN. The number of halogens is 2. The number of hydrogen-bond acceptors (Lipinski definition) is 3. The molecule has 0 aromatic heterocycles. The highest BCUT2D eigenvalue weighted by Crippen LogP contribution is 2.24. The Balaban J connectivity index is 2.49. The average molecular weight is 312 g/mol. The Kier molecular flexibility index (Phi) is 4.24. The monoisotopic (exact) mass is 312 g/mol. The predicted octanol–water partition coefficient (Wildman–Crippen LogP) is 2.53. The van der Waals surface area contributed by atoms with Crippen molar-refractivity contribution in [1.29, 1.82) is 0 Å². The zero-order valence-electron chi connectivity index (χ0n) is 11.2. The van der Waals surface area contributed by atoms with Gasteiger partial charge in [-0.2, -0.15) is 0 Å². The van der Waals surface area contributed by atoms with E-state index in [1.54, 1.807) is 0 Å². The van der Waals surface area contributed by atoms with E-state index in [2.05, 4.69) is 4.72 Å². The lowest BCUT2D eigenvalue weighted by atomic mass is 10.2. The van der Waals surface area contributed by atoms with Crippen LogP contribution in [0.4, 0.5) is 14.5 Å². The molecular weight excluding hydrogens is 298 g/mol. The number of anilines is 1. The maximum Gasteiger partial charge on any atom is 0.262 e. The Morgan fingerprint density at radius 1 is 1.10 bits per heavy atom. The van der Waals surface area contributed by atoms with Crippen LogP contribution in [0, 0.1) is 18.6 Å². The van der Waals surface area contributed by atoms with Crippen molar-refractivity contribution in [2.24, 2.45) is 5.73 Å². The van der Waals surface area contributed by atoms with Crippen LogP contribution in [-0.4, -0.2) is 8.42 Å². The van der Waals surface area contributed by atoms with Crippen LogP contribution in [0.25, 0.3) is 0 Å². The van der Waals surface area contributed by atoms with Crippen LogP contribution in [0.5, 0.6) is 0 Å². The second-order valence-corrected chi connectivity index (χ2v) is 6.09. The number of rotatable bonds is 4. The highest BCUT2D eigenvalue weighted by atomic mass is 32.2. The molecule has 0 heterocycles. The minimum atomic E-state index is -4.05. The molecule has 0 amide bonds. The van der Waals surface area contributed by atoms with Crippen molar-refractivity contribution >= 4 is 15.7 Å². The second kappa shape index (κ2) is 5.79. The van der Waals surface area contributed by atoms with E-state index in [1.165, 1.54) is 37.3 Å². The molecule has 112 valence electrons. The van der Waals surface area contributed by atoms with E-state index in [9.17, 15) is 17.2 Å². The van der Waals surface area contributed by atoms with Gasteiger partial charge in [-0.25, -0.2) is 17.2 Å². The molecule has 0 aliphatic rings. The quantitative estimate of drug-likeness (QED) is 0.911. The molecule has 0 unspecified atom stereocenters.